The molecular weight excluding hydrogens is 422 g/mol. The molecule has 1 aromatic heterocycles. The lowest BCUT2D eigenvalue weighted by atomic mass is 9.63. The minimum absolute atomic E-state index is 0.157. The van der Waals surface area contributed by atoms with Crippen LogP contribution in [0.25, 0.3) is 10.9 Å². The Labute approximate surface area is 191 Å². The third-order valence-electron chi connectivity index (χ3n) is 7.17. The second-order valence-corrected chi connectivity index (χ2v) is 9.30. The fourth-order valence-electron chi connectivity index (χ4n) is 5.61. The molecule has 3 aromatic rings. The minimum Gasteiger partial charge on any atom is -0.342 e. The van der Waals surface area contributed by atoms with Gasteiger partial charge in [-0.05, 0) is 42.4 Å². The number of amides is 2. The molecule has 2 heterocycles. The summed E-state index contributed by atoms with van der Waals surface area (Å²) in [5.74, 6) is -0.474. The zero-order chi connectivity index (χ0) is 21.8. The van der Waals surface area contributed by atoms with Gasteiger partial charge in [0.1, 0.15) is 0 Å². The molecule has 0 spiro atoms. The normalized spacial score (nSPS) is 26.6. The van der Waals surface area contributed by atoms with E-state index in [2.05, 4.69) is 21.8 Å². The SMILES string of the molecule is O=C1[C@@H]2[C@H](C(=O)N1/N=C\c1cn(Cc3ccccc3Cl)c3ccccc13)[C@H]1C=C[C@H]2CC1. The number of aromatic nitrogens is 1. The van der Waals surface area contributed by atoms with Gasteiger partial charge < -0.3 is 4.57 Å². The summed E-state index contributed by atoms with van der Waals surface area (Å²) in [4.78, 5) is 26.1. The number of para-hydroxylation sites is 1. The van der Waals surface area contributed by atoms with Crippen molar-refractivity contribution in [1.29, 1.82) is 0 Å². The second kappa shape index (κ2) is 7.45. The van der Waals surface area contributed by atoms with Gasteiger partial charge >= 0.3 is 0 Å². The lowest BCUT2D eigenvalue weighted by molar-refractivity contribution is -0.140. The summed E-state index contributed by atoms with van der Waals surface area (Å²) in [5, 5.41) is 7.26. The van der Waals surface area contributed by atoms with Crippen molar-refractivity contribution in [3.63, 3.8) is 0 Å². The quantitative estimate of drug-likeness (QED) is 0.328. The van der Waals surface area contributed by atoms with Crippen molar-refractivity contribution in [2.24, 2.45) is 28.8 Å². The van der Waals surface area contributed by atoms with E-state index in [0.29, 0.717) is 6.54 Å². The van der Waals surface area contributed by atoms with Gasteiger partial charge in [-0.1, -0.05) is 60.2 Å². The Hall–Kier alpha value is -3.18. The van der Waals surface area contributed by atoms with Gasteiger partial charge in [-0.25, -0.2) is 0 Å². The van der Waals surface area contributed by atoms with E-state index in [0.717, 1.165) is 44.9 Å². The molecule has 0 unspecified atom stereocenters. The number of carbonyl (C=O) groups excluding carboxylic acids is 2. The van der Waals surface area contributed by atoms with Gasteiger partial charge in [-0.3, -0.25) is 9.59 Å². The van der Waals surface area contributed by atoms with Crippen LogP contribution in [0.4, 0.5) is 0 Å². The van der Waals surface area contributed by atoms with E-state index >= 15 is 0 Å². The average Bonchev–Trinajstić information content (AvgIpc) is 3.31. The summed E-state index contributed by atoms with van der Waals surface area (Å²) in [6.07, 6.45) is 9.85. The molecule has 0 radical (unpaired) electrons. The predicted molar refractivity (Wildman–Crippen MR) is 124 cm³/mol. The van der Waals surface area contributed by atoms with Gasteiger partial charge in [0, 0.05) is 34.2 Å². The lowest BCUT2D eigenvalue weighted by Crippen LogP contribution is -2.38. The van der Waals surface area contributed by atoms with E-state index in [1.165, 1.54) is 0 Å². The highest BCUT2D eigenvalue weighted by atomic mass is 35.5. The molecular formula is C26H22ClN3O2. The van der Waals surface area contributed by atoms with Gasteiger partial charge in [0.05, 0.1) is 18.1 Å². The molecule has 32 heavy (non-hydrogen) atoms. The van der Waals surface area contributed by atoms with Gasteiger partial charge in [-0.2, -0.15) is 10.1 Å². The molecule has 2 fully saturated rings. The summed E-state index contributed by atoms with van der Waals surface area (Å²) in [7, 11) is 0. The number of benzene rings is 2. The third kappa shape index (κ3) is 2.95. The number of rotatable bonds is 4. The van der Waals surface area contributed by atoms with Crippen LogP contribution in [-0.2, 0) is 16.1 Å². The molecule has 2 bridgehead atoms. The standard InChI is InChI=1S/C26H22ClN3O2/c27-21-7-3-1-5-18(21)14-29-15-19(20-6-2-4-8-22(20)29)13-28-30-25(31)23-16-9-10-17(12-11-16)24(23)26(30)32/h1-10,13,15-17,23-24H,11-12,14H2/b28-13-/t16-,17-,23-,24+/m0/s1. The Morgan fingerprint density at radius 2 is 1.59 bits per heavy atom. The van der Waals surface area contributed by atoms with Gasteiger partial charge in [0.25, 0.3) is 11.8 Å². The first-order chi connectivity index (χ1) is 15.6. The Kier molecular flexibility index (Phi) is 4.54. The van der Waals surface area contributed by atoms with Crippen molar-refractivity contribution in [1.82, 2.24) is 9.58 Å². The zero-order valence-corrected chi connectivity index (χ0v) is 18.2. The van der Waals surface area contributed by atoms with Crippen molar-refractivity contribution >= 4 is 40.5 Å². The molecule has 4 atom stereocenters. The molecule has 2 aromatic carbocycles. The number of fused-ring (bicyclic) bond motifs is 2. The maximum absolute atomic E-state index is 13.0. The molecule has 1 saturated heterocycles. The van der Waals surface area contributed by atoms with Crippen LogP contribution in [0.3, 0.4) is 0 Å². The first kappa shape index (κ1) is 19.5. The van der Waals surface area contributed by atoms with E-state index in [1.54, 1.807) is 6.21 Å². The summed E-state index contributed by atoms with van der Waals surface area (Å²) < 4.78 is 2.12. The summed E-state index contributed by atoms with van der Waals surface area (Å²) in [6, 6.07) is 15.8. The topological polar surface area (TPSA) is 54.7 Å². The third-order valence-corrected chi connectivity index (χ3v) is 7.54. The Balaban J connectivity index is 1.33. The Bertz CT molecular complexity index is 1280. The van der Waals surface area contributed by atoms with Crippen LogP contribution in [0.2, 0.25) is 5.02 Å². The zero-order valence-electron chi connectivity index (χ0n) is 17.4. The van der Waals surface area contributed by atoms with E-state index in [1.807, 2.05) is 54.7 Å². The van der Waals surface area contributed by atoms with Crippen molar-refractivity contribution in [3.8, 4) is 0 Å². The predicted octanol–water partition coefficient (Wildman–Crippen LogP) is 4.87. The first-order valence-corrected chi connectivity index (χ1v) is 11.4. The number of halogens is 1. The van der Waals surface area contributed by atoms with Crippen LogP contribution in [-0.4, -0.2) is 27.6 Å². The van der Waals surface area contributed by atoms with Gasteiger partial charge in [-0.15, -0.1) is 0 Å². The molecule has 5 nitrogen and oxygen atoms in total. The maximum Gasteiger partial charge on any atom is 0.254 e. The number of nitrogens with zero attached hydrogens (tertiary/aromatic N) is 3. The second-order valence-electron chi connectivity index (χ2n) is 8.90. The monoisotopic (exact) mass is 443 g/mol. The fraction of sp³-hybridized carbons (Fsp3) is 0.269. The Morgan fingerprint density at radius 3 is 2.28 bits per heavy atom. The van der Waals surface area contributed by atoms with Gasteiger partial charge in [0.2, 0.25) is 0 Å². The first-order valence-electron chi connectivity index (χ1n) is 11.0. The van der Waals surface area contributed by atoms with Crippen LogP contribution >= 0.6 is 11.6 Å². The van der Waals surface area contributed by atoms with Crippen LogP contribution in [0.5, 0.6) is 0 Å². The summed E-state index contributed by atoms with van der Waals surface area (Å²) >= 11 is 6.37. The highest BCUT2D eigenvalue weighted by Gasteiger charge is 2.56. The number of hydrogen-bond acceptors (Lipinski definition) is 3. The number of allylic oxidation sites excluding steroid dienone is 2. The molecule has 1 saturated carbocycles. The molecule has 1 aliphatic heterocycles. The Morgan fingerprint density at radius 1 is 0.938 bits per heavy atom. The van der Waals surface area contributed by atoms with E-state index < -0.39 is 0 Å². The minimum atomic E-state index is -0.245. The van der Waals surface area contributed by atoms with Crippen molar-refractivity contribution < 1.29 is 9.59 Å². The summed E-state index contributed by atoms with van der Waals surface area (Å²) in [5.41, 5.74) is 2.93. The van der Waals surface area contributed by atoms with Crippen LogP contribution in [0.15, 0.2) is 72.0 Å². The lowest BCUT2D eigenvalue weighted by Gasteiger charge is -2.37. The number of hydrogen-bond donors (Lipinski definition) is 0. The molecule has 2 amide bonds. The highest BCUT2D eigenvalue weighted by Crippen LogP contribution is 2.49. The van der Waals surface area contributed by atoms with E-state index in [4.69, 9.17) is 11.6 Å². The average molecular weight is 444 g/mol. The smallest absolute Gasteiger partial charge is 0.254 e. The van der Waals surface area contributed by atoms with Crippen molar-refractivity contribution in [3.05, 3.63) is 83.0 Å². The van der Waals surface area contributed by atoms with Crippen LogP contribution in [0.1, 0.15) is 24.0 Å². The molecule has 3 aliphatic carbocycles. The number of hydrazone groups is 1. The molecule has 6 heteroatoms. The fourth-order valence-corrected chi connectivity index (χ4v) is 5.81. The van der Waals surface area contributed by atoms with Gasteiger partial charge in [0.15, 0.2) is 0 Å². The van der Waals surface area contributed by atoms with Crippen molar-refractivity contribution in [2.45, 2.75) is 19.4 Å². The summed E-state index contributed by atoms with van der Waals surface area (Å²) in [6.45, 7) is 0.620. The van der Waals surface area contributed by atoms with Crippen LogP contribution < -0.4 is 0 Å². The largest absolute Gasteiger partial charge is 0.342 e. The maximum atomic E-state index is 13.0. The van der Waals surface area contributed by atoms with E-state index in [-0.39, 0.29) is 35.5 Å². The number of imide groups is 1. The molecule has 4 aliphatic rings. The highest BCUT2D eigenvalue weighted by molar-refractivity contribution is 6.31. The number of carbonyl (C=O) groups is 2. The molecule has 160 valence electrons. The van der Waals surface area contributed by atoms with E-state index in [9.17, 15) is 9.59 Å². The molecule has 7 rings (SSSR count). The van der Waals surface area contributed by atoms with Crippen LogP contribution in [0, 0.1) is 23.7 Å². The van der Waals surface area contributed by atoms with Crippen molar-refractivity contribution in [2.75, 3.05) is 0 Å². The molecule has 0 N–H and O–H groups in total.